The second-order valence-corrected chi connectivity index (χ2v) is 4.32. The molecule has 0 aromatic carbocycles. The molecular formula is C11H20N4. The first-order valence-electron chi connectivity index (χ1n) is 5.91. The molecule has 0 spiro atoms. The summed E-state index contributed by atoms with van der Waals surface area (Å²) in [6.45, 7) is 4.04. The molecule has 1 aliphatic rings. The number of hydrogen-bond acceptors (Lipinski definition) is 3. The number of aryl methyl sites for hydroxylation is 1. The van der Waals surface area contributed by atoms with Crippen molar-refractivity contribution in [3.8, 4) is 0 Å². The average molecular weight is 208 g/mol. The van der Waals surface area contributed by atoms with Crippen LogP contribution in [0.25, 0.3) is 0 Å². The van der Waals surface area contributed by atoms with Crippen molar-refractivity contribution < 1.29 is 0 Å². The zero-order chi connectivity index (χ0) is 10.7. The highest BCUT2D eigenvalue weighted by Crippen LogP contribution is 2.32. The molecule has 0 saturated heterocycles. The number of aromatic nitrogens is 3. The average Bonchev–Trinajstić information content (AvgIpc) is 2.99. The van der Waals surface area contributed by atoms with Crippen LogP contribution in [0.1, 0.15) is 37.6 Å². The molecule has 1 aromatic heterocycles. The minimum absolute atomic E-state index is 0.826. The minimum atomic E-state index is 0.826. The first-order chi connectivity index (χ1) is 7.35. The molecular weight excluding hydrogens is 188 g/mol. The molecule has 1 fully saturated rings. The zero-order valence-corrected chi connectivity index (χ0v) is 9.66. The topological polar surface area (TPSA) is 42.7 Å². The summed E-state index contributed by atoms with van der Waals surface area (Å²) < 4.78 is 2.09. The quantitative estimate of drug-likeness (QED) is 0.767. The van der Waals surface area contributed by atoms with Gasteiger partial charge in [-0.2, -0.15) is 0 Å². The molecule has 0 unspecified atom stereocenters. The minimum Gasteiger partial charge on any atom is -0.314 e. The molecule has 2 rings (SSSR count). The van der Waals surface area contributed by atoms with Crippen molar-refractivity contribution in [2.75, 3.05) is 7.05 Å². The van der Waals surface area contributed by atoms with Crippen molar-refractivity contribution in [2.45, 2.75) is 45.7 Å². The van der Waals surface area contributed by atoms with Crippen LogP contribution in [-0.4, -0.2) is 22.0 Å². The van der Waals surface area contributed by atoms with Crippen molar-refractivity contribution >= 4 is 0 Å². The molecule has 0 atom stereocenters. The van der Waals surface area contributed by atoms with Crippen LogP contribution in [0, 0.1) is 5.92 Å². The van der Waals surface area contributed by atoms with Gasteiger partial charge in [0.1, 0.15) is 0 Å². The second kappa shape index (κ2) is 4.75. The molecule has 0 bridgehead atoms. The van der Waals surface area contributed by atoms with Crippen LogP contribution in [0.4, 0.5) is 0 Å². The predicted octanol–water partition coefficient (Wildman–Crippen LogP) is 1.36. The van der Waals surface area contributed by atoms with Gasteiger partial charge in [-0.1, -0.05) is 25.0 Å². The molecule has 0 radical (unpaired) electrons. The number of nitrogens with one attached hydrogen (secondary N) is 1. The third kappa shape index (κ3) is 2.56. The Balaban J connectivity index is 2.00. The van der Waals surface area contributed by atoms with Gasteiger partial charge in [0.25, 0.3) is 0 Å². The molecule has 1 heterocycles. The Morgan fingerprint density at radius 3 is 2.87 bits per heavy atom. The van der Waals surface area contributed by atoms with Gasteiger partial charge in [0.15, 0.2) is 0 Å². The van der Waals surface area contributed by atoms with Crippen molar-refractivity contribution in [1.29, 1.82) is 0 Å². The van der Waals surface area contributed by atoms with Crippen molar-refractivity contribution in [3.63, 3.8) is 0 Å². The monoisotopic (exact) mass is 208 g/mol. The number of nitrogens with zero attached hydrogens (tertiary/aromatic N) is 3. The molecule has 84 valence electrons. The summed E-state index contributed by atoms with van der Waals surface area (Å²) in [6, 6.07) is 0. The van der Waals surface area contributed by atoms with Crippen LogP contribution < -0.4 is 5.32 Å². The zero-order valence-electron chi connectivity index (χ0n) is 9.66. The van der Waals surface area contributed by atoms with Crippen molar-refractivity contribution in [3.05, 3.63) is 11.4 Å². The Labute approximate surface area is 91.1 Å². The summed E-state index contributed by atoms with van der Waals surface area (Å²) in [4.78, 5) is 0. The first kappa shape index (κ1) is 10.6. The van der Waals surface area contributed by atoms with E-state index >= 15 is 0 Å². The highest BCUT2D eigenvalue weighted by molar-refractivity contribution is 5.09. The van der Waals surface area contributed by atoms with Gasteiger partial charge in [-0.15, -0.1) is 5.10 Å². The molecule has 0 amide bonds. The predicted molar refractivity (Wildman–Crippen MR) is 59.5 cm³/mol. The maximum Gasteiger partial charge on any atom is 0.0996 e. The van der Waals surface area contributed by atoms with E-state index in [2.05, 4.69) is 27.2 Å². The van der Waals surface area contributed by atoms with Gasteiger partial charge in [0.05, 0.1) is 11.4 Å². The van der Waals surface area contributed by atoms with Crippen LogP contribution >= 0.6 is 0 Å². The highest BCUT2D eigenvalue weighted by atomic mass is 15.4. The Kier molecular flexibility index (Phi) is 3.36. The molecule has 4 heteroatoms. The van der Waals surface area contributed by atoms with Crippen molar-refractivity contribution in [2.24, 2.45) is 5.92 Å². The summed E-state index contributed by atoms with van der Waals surface area (Å²) in [5, 5.41) is 11.6. The maximum atomic E-state index is 4.23. The first-order valence-corrected chi connectivity index (χ1v) is 5.91. The van der Waals surface area contributed by atoms with Crippen LogP contribution in [0.3, 0.4) is 0 Å². The molecule has 1 aromatic rings. The lowest BCUT2D eigenvalue weighted by Gasteiger charge is -2.05. The standard InChI is InChI=1S/C11H20N4/c1-3-11-10(8-12-2)13-14-15(11)7-6-9-4-5-9/h9,12H,3-8H2,1-2H3. The summed E-state index contributed by atoms with van der Waals surface area (Å²) in [6.07, 6.45) is 5.13. The molecule has 4 nitrogen and oxygen atoms in total. The lowest BCUT2D eigenvalue weighted by molar-refractivity contribution is 0.515. The third-order valence-corrected chi connectivity index (χ3v) is 3.04. The fourth-order valence-corrected chi connectivity index (χ4v) is 1.95. The van der Waals surface area contributed by atoms with E-state index in [1.807, 2.05) is 7.05 Å². The van der Waals surface area contributed by atoms with Gasteiger partial charge in [-0.3, -0.25) is 0 Å². The maximum absolute atomic E-state index is 4.23. The van der Waals surface area contributed by atoms with E-state index in [4.69, 9.17) is 0 Å². The second-order valence-electron chi connectivity index (χ2n) is 4.32. The summed E-state index contributed by atoms with van der Waals surface area (Å²) >= 11 is 0. The number of hydrogen-bond donors (Lipinski definition) is 1. The smallest absolute Gasteiger partial charge is 0.0996 e. The lowest BCUT2D eigenvalue weighted by atomic mass is 10.2. The Bertz CT molecular complexity index is 314. The van der Waals surface area contributed by atoms with Gasteiger partial charge in [-0.25, -0.2) is 4.68 Å². The van der Waals surface area contributed by atoms with Crippen molar-refractivity contribution in [1.82, 2.24) is 20.3 Å². The van der Waals surface area contributed by atoms with E-state index in [0.717, 1.165) is 31.1 Å². The van der Waals surface area contributed by atoms with E-state index < -0.39 is 0 Å². The van der Waals surface area contributed by atoms with Gasteiger partial charge in [0, 0.05) is 13.1 Å². The molecule has 1 N–H and O–H groups in total. The van der Waals surface area contributed by atoms with Crippen LogP contribution in [0.5, 0.6) is 0 Å². The normalized spacial score (nSPS) is 15.9. The molecule has 1 aliphatic carbocycles. The van der Waals surface area contributed by atoms with Crippen LogP contribution in [0.15, 0.2) is 0 Å². The van der Waals surface area contributed by atoms with E-state index in [-0.39, 0.29) is 0 Å². The van der Waals surface area contributed by atoms with Crippen LogP contribution in [-0.2, 0) is 19.5 Å². The van der Waals surface area contributed by atoms with Gasteiger partial charge in [0.2, 0.25) is 0 Å². The summed E-state index contributed by atoms with van der Waals surface area (Å²) in [5.41, 5.74) is 2.40. The highest BCUT2D eigenvalue weighted by Gasteiger charge is 2.21. The fraction of sp³-hybridized carbons (Fsp3) is 0.818. The SMILES string of the molecule is CCc1c(CNC)nnn1CCC1CC1. The largest absolute Gasteiger partial charge is 0.314 e. The Morgan fingerprint density at radius 2 is 2.27 bits per heavy atom. The Morgan fingerprint density at radius 1 is 1.47 bits per heavy atom. The Hall–Kier alpha value is -0.900. The van der Waals surface area contributed by atoms with E-state index in [9.17, 15) is 0 Å². The molecule has 1 saturated carbocycles. The van der Waals surface area contributed by atoms with Gasteiger partial charge >= 0.3 is 0 Å². The van der Waals surface area contributed by atoms with Gasteiger partial charge < -0.3 is 5.32 Å². The summed E-state index contributed by atoms with van der Waals surface area (Å²) in [5.74, 6) is 0.964. The third-order valence-electron chi connectivity index (χ3n) is 3.04. The van der Waals surface area contributed by atoms with E-state index in [1.165, 1.54) is 25.0 Å². The fourth-order valence-electron chi connectivity index (χ4n) is 1.95. The van der Waals surface area contributed by atoms with E-state index in [0.29, 0.717) is 0 Å². The molecule has 0 aliphatic heterocycles. The van der Waals surface area contributed by atoms with Gasteiger partial charge in [-0.05, 0) is 25.8 Å². The van der Waals surface area contributed by atoms with Crippen LogP contribution in [0.2, 0.25) is 0 Å². The number of rotatable bonds is 6. The summed E-state index contributed by atoms with van der Waals surface area (Å²) in [7, 11) is 1.95. The van der Waals surface area contributed by atoms with E-state index in [1.54, 1.807) is 0 Å². The molecule has 15 heavy (non-hydrogen) atoms. The lowest BCUT2D eigenvalue weighted by Crippen LogP contribution is -2.10.